The normalized spacial score (nSPS) is 14.4. The summed E-state index contributed by atoms with van der Waals surface area (Å²) < 4.78 is 12.3. The molecular weight excluding hydrogens is 701 g/mol. The second-order valence-electron chi connectivity index (χ2n) is 10.7. The van der Waals surface area contributed by atoms with Gasteiger partial charge >= 0.3 is 6.09 Å². The number of benzene rings is 3. The molecule has 1 fully saturated rings. The van der Waals surface area contributed by atoms with E-state index in [2.05, 4.69) is 46.7 Å². The molecule has 0 atom stereocenters. The Bertz CT molecular complexity index is 1340. The van der Waals surface area contributed by atoms with Gasteiger partial charge in [-0.15, -0.1) is 24.0 Å². The molecule has 1 saturated heterocycles. The van der Waals surface area contributed by atoms with Crippen molar-refractivity contribution in [3.8, 4) is 22.6 Å². The molecular formula is C31H37BrIN3O5. The third kappa shape index (κ3) is 9.34. The van der Waals surface area contributed by atoms with Gasteiger partial charge in [-0.1, -0.05) is 48.2 Å². The molecule has 2 amide bonds. The average Bonchev–Trinajstić information content (AvgIpc) is 2.92. The van der Waals surface area contributed by atoms with Crippen molar-refractivity contribution in [2.75, 3.05) is 44.9 Å². The number of aryl methyl sites for hydroxylation is 1. The van der Waals surface area contributed by atoms with Gasteiger partial charge in [0.15, 0.2) is 0 Å². The van der Waals surface area contributed by atoms with Crippen LogP contribution in [0.2, 0.25) is 0 Å². The Hall–Kier alpha value is -2.83. The number of hydrogen-bond acceptors (Lipinski definition) is 5. The lowest BCUT2D eigenvalue weighted by atomic mass is 9.98. The summed E-state index contributed by atoms with van der Waals surface area (Å²) in [5.41, 5.74) is 4.11. The Kier molecular flexibility index (Phi) is 11.9. The Labute approximate surface area is 267 Å². The van der Waals surface area contributed by atoms with Gasteiger partial charge in [0.25, 0.3) is 0 Å². The predicted molar refractivity (Wildman–Crippen MR) is 174 cm³/mol. The number of carbonyl (C=O) groups is 2. The Morgan fingerprint density at radius 2 is 1.71 bits per heavy atom. The van der Waals surface area contributed by atoms with Crippen LogP contribution >= 0.6 is 39.9 Å². The average molecular weight is 738 g/mol. The summed E-state index contributed by atoms with van der Waals surface area (Å²) in [5.74, 6) is -0.243. The second-order valence-corrected chi connectivity index (χ2v) is 11.6. The van der Waals surface area contributed by atoms with Crippen molar-refractivity contribution >= 4 is 63.3 Å². The number of likely N-dealkylation sites (tertiary alicyclic amines) is 1. The summed E-state index contributed by atoms with van der Waals surface area (Å²) in [6.07, 6.45) is 2.80. The van der Waals surface area contributed by atoms with E-state index in [0.29, 0.717) is 35.1 Å². The van der Waals surface area contributed by atoms with E-state index in [0.717, 1.165) is 47.1 Å². The van der Waals surface area contributed by atoms with E-state index >= 15 is 0 Å². The lowest BCUT2D eigenvalue weighted by Gasteiger charge is -2.36. The third-order valence-corrected chi connectivity index (χ3v) is 7.84. The molecule has 220 valence electrons. The molecule has 0 spiro atoms. The fraction of sp³-hybridized carbons (Fsp3) is 0.355. The fourth-order valence-electron chi connectivity index (χ4n) is 4.82. The SMILES string of the molecule is COc1cc(NC(=O)CCCc2ccc(NC(=O)OC3CC[N+](C)(C)CC3)c(-c3ccccc3)c2)c(Br)cc1[O-].I. The number of quaternary nitrogens is 1. The molecule has 1 heterocycles. The van der Waals surface area contributed by atoms with Crippen LogP contribution in [0.1, 0.15) is 31.2 Å². The molecule has 3 aromatic carbocycles. The highest BCUT2D eigenvalue weighted by atomic mass is 127. The van der Waals surface area contributed by atoms with E-state index in [9.17, 15) is 14.7 Å². The molecule has 0 radical (unpaired) electrons. The molecule has 2 N–H and O–H groups in total. The van der Waals surface area contributed by atoms with Gasteiger partial charge in [-0.2, -0.15) is 0 Å². The third-order valence-electron chi connectivity index (χ3n) is 7.19. The summed E-state index contributed by atoms with van der Waals surface area (Å²) in [6.45, 7) is 1.97. The number of hydrogen-bond donors (Lipinski definition) is 2. The maximum Gasteiger partial charge on any atom is 0.411 e. The molecule has 41 heavy (non-hydrogen) atoms. The van der Waals surface area contributed by atoms with E-state index in [1.54, 1.807) is 0 Å². The molecule has 1 aliphatic heterocycles. The summed E-state index contributed by atoms with van der Waals surface area (Å²) in [7, 11) is 5.81. The molecule has 10 heteroatoms. The van der Waals surface area contributed by atoms with Crippen LogP contribution in [-0.2, 0) is 16.0 Å². The number of rotatable bonds is 9. The molecule has 3 aromatic rings. The van der Waals surface area contributed by atoms with Crippen molar-refractivity contribution in [2.45, 2.75) is 38.2 Å². The summed E-state index contributed by atoms with van der Waals surface area (Å²) in [6, 6.07) is 18.7. The minimum absolute atomic E-state index is 0. The maximum absolute atomic E-state index is 12.8. The molecule has 8 nitrogen and oxygen atoms in total. The van der Waals surface area contributed by atoms with Crippen LogP contribution < -0.4 is 20.5 Å². The van der Waals surface area contributed by atoms with E-state index in [4.69, 9.17) is 9.47 Å². The second kappa shape index (κ2) is 14.9. The molecule has 0 aromatic heterocycles. The number of carbonyl (C=O) groups excluding carboxylic acids is 2. The quantitative estimate of drug-likeness (QED) is 0.191. The predicted octanol–water partition coefficient (Wildman–Crippen LogP) is 6.57. The number of methoxy groups -OCH3 is 1. The van der Waals surface area contributed by atoms with Gasteiger partial charge in [0.05, 0.1) is 45.7 Å². The van der Waals surface area contributed by atoms with Gasteiger partial charge < -0.3 is 24.4 Å². The minimum atomic E-state index is -0.438. The first-order valence-electron chi connectivity index (χ1n) is 13.5. The van der Waals surface area contributed by atoms with E-state index in [1.165, 1.54) is 19.2 Å². The zero-order valence-corrected chi connectivity index (χ0v) is 27.5. The van der Waals surface area contributed by atoms with Crippen LogP contribution in [0.25, 0.3) is 11.1 Å². The smallest absolute Gasteiger partial charge is 0.411 e. The van der Waals surface area contributed by atoms with Crippen molar-refractivity contribution in [1.82, 2.24) is 0 Å². The van der Waals surface area contributed by atoms with Gasteiger partial charge in [0.2, 0.25) is 5.91 Å². The van der Waals surface area contributed by atoms with Crippen LogP contribution in [0.3, 0.4) is 0 Å². The van der Waals surface area contributed by atoms with Crippen molar-refractivity contribution in [3.05, 3.63) is 70.7 Å². The molecule has 4 rings (SSSR count). The van der Waals surface area contributed by atoms with E-state index in [1.807, 2.05) is 42.5 Å². The number of ether oxygens (including phenoxy) is 2. The van der Waals surface area contributed by atoms with Gasteiger partial charge in [0.1, 0.15) is 11.9 Å². The van der Waals surface area contributed by atoms with Crippen LogP contribution in [0, 0.1) is 0 Å². The van der Waals surface area contributed by atoms with E-state index < -0.39 is 6.09 Å². The van der Waals surface area contributed by atoms with Crippen LogP contribution in [0.15, 0.2) is 65.1 Å². The fourth-order valence-corrected chi connectivity index (χ4v) is 5.24. The standard InChI is InChI=1S/C31H36BrN3O5.HI/c1-35(2)16-14-23(15-17-35)40-31(38)34-26-13-12-21(18-24(26)22-9-5-4-6-10-22)8-7-11-30(37)33-27-20-29(39-3)28(36)19-25(27)32;/h4-6,9-10,12-13,18-20,23H,7-8,11,14-17H2,1-3H3,(H2-,33,34,36,37,38);1H. The highest BCUT2D eigenvalue weighted by molar-refractivity contribution is 14.0. The lowest BCUT2D eigenvalue weighted by Crippen LogP contribution is -2.48. The maximum atomic E-state index is 12.8. The van der Waals surface area contributed by atoms with Crippen molar-refractivity contribution in [1.29, 1.82) is 0 Å². The number of amides is 2. The lowest BCUT2D eigenvalue weighted by molar-refractivity contribution is -0.896. The summed E-state index contributed by atoms with van der Waals surface area (Å²) in [5, 5.41) is 17.7. The Morgan fingerprint density at radius 3 is 2.39 bits per heavy atom. The van der Waals surface area contributed by atoms with Gasteiger partial charge in [-0.25, -0.2) is 4.79 Å². The van der Waals surface area contributed by atoms with E-state index in [-0.39, 0.29) is 47.5 Å². The molecule has 0 unspecified atom stereocenters. The van der Waals surface area contributed by atoms with Crippen LogP contribution in [0.5, 0.6) is 11.5 Å². The van der Waals surface area contributed by atoms with Gasteiger partial charge in [0, 0.05) is 35.4 Å². The monoisotopic (exact) mass is 737 g/mol. The van der Waals surface area contributed by atoms with Crippen molar-refractivity contribution in [3.63, 3.8) is 0 Å². The Morgan fingerprint density at radius 1 is 1.00 bits per heavy atom. The largest absolute Gasteiger partial charge is 0.870 e. The van der Waals surface area contributed by atoms with Crippen molar-refractivity contribution < 1.29 is 28.7 Å². The first-order valence-corrected chi connectivity index (χ1v) is 14.3. The number of anilines is 2. The Balaban J connectivity index is 0.00000462. The first-order chi connectivity index (χ1) is 19.1. The molecule has 0 aliphatic carbocycles. The first kappa shape index (κ1) is 32.7. The zero-order valence-electron chi connectivity index (χ0n) is 23.6. The molecule has 0 saturated carbocycles. The highest BCUT2D eigenvalue weighted by Gasteiger charge is 2.28. The van der Waals surface area contributed by atoms with Crippen LogP contribution in [-0.4, -0.2) is 56.9 Å². The van der Waals surface area contributed by atoms with Gasteiger partial charge in [-0.05, 0) is 52.0 Å². The molecule has 1 aliphatic rings. The zero-order chi connectivity index (χ0) is 28.7. The number of piperidine rings is 1. The van der Waals surface area contributed by atoms with Crippen LogP contribution in [0.4, 0.5) is 16.2 Å². The van der Waals surface area contributed by atoms with Gasteiger partial charge in [-0.3, -0.25) is 10.1 Å². The highest BCUT2D eigenvalue weighted by Crippen LogP contribution is 2.34. The number of halogens is 2. The van der Waals surface area contributed by atoms with Crippen molar-refractivity contribution in [2.24, 2.45) is 0 Å². The topological polar surface area (TPSA) is 99.7 Å². The minimum Gasteiger partial charge on any atom is -0.870 e. The summed E-state index contributed by atoms with van der Waals surface area (Å²) in [4.78, 5) is 25.4. The molecule has 0 bridgehead atoms. The summed E-state index contributed by atoms with van der Waals surface area (Å²) >= 11 is 3.32. The number of nitrogens with one attached hydrogen (secondary N) is 2. The number of nitrogens with zero attached hydrogens (tertiary/aromatic N) is 1.